The lowest BCUT2D eigenvalue weighted by Crippen LogP contribution is -2.27. The molecule has 0 unspecified atom stereocenters. The van der Waals surface area contributed by atoms with Crippen molar-refractivity contribution in [3.8, 4) is 5.75 Å². The quantitative estimate of drug-likeness (QED) is 0.616. The van der Waals surface area contributed by atoms with Gasteiger partial charge in [-0.1, -0.05) is 6.07 Å². The van der Waals surface area contributed by atoms with Crippen LogP contribution < -0.4 is 14.8 Å². The van der Waals surface area contributed by atoms with Crippen LogP contribution >= 0.6 is 0 Å². The number of rotatable bonds is 9. The predicted octanol–water partition coefficient (Wildman–Crippen LogP) is 2.77. The van der Waals surface area contributed by atoms with Gasteiger partial charge in [-0.25, -0.2) is 13.1 Å². The fourth-order valence-electron chi connectivity index (χ4n) is 2.31. The van der Waals surface area contributed by atoms with Crippen LogP contribution in [0.1, 0.15) is 15.9 Å². The Balaban J connectivity index is 2.12. The fourth-order valence-corrected chi connectivity index (χ4v) is 3.33. The second-order valence-electron chi connectivity index (χ2n) is 5.68. The molecule has 2 rings (SSSR count). The molecule has 2 aromatic rings. The van der Waals surface area contributed by atoms with Crippen LogP contribution in [0.3, 0.4) is 0 Å². The van der Waals surface area contributed by atoms with E-state index in [9.17, 15) is 22.0 Å². The maximum Gasteiger partial charge on any atom is 0.387 e. The van der Waals surface area contributed by atoms with Gasteiger partial charge >= 0.3 is 6.61 Å². The van der Waals surface area contributed by atoms with Crippen molar-refractivity contribution in [2.75, 3.05) is 25.6 Å². The lowest BCUT2D eigenvalue weighted by atomic mass is 10.1. The Kier molecular flexibility index (Phi) is 7.44. The third-order valence-corrected chi connectivity index (χ3v) is 5.25. The topological polar surface area (TPSA) is 93.7 Å². The molecule has 0 saturated carbocycles. The number of hydrogen-bond acceptors (Lipinski definition) is 5. The normalized spacial score (nSPS) is 11.5. The van der Waals surface area contributed by atoms with Gasteiger partial charge in [-0.05, 0) is 43.3 Å². The van der Waals surface area contributed by atoms with E-state index in [4.69, 9.17) is 4.74 Å². The minimum absolute atomic E-state index is 0.00339. The number of carbonyl (C=O) groups excluding carboxylic acids is 1. The summed E-state index contributed by atoms with van der Waals surface area (Å²) in [6.45, 7) is -1.09. The number of hydrogen-bond donors (Lipinski definition) is 2. The first-order valence-electron chi connectivity index (χ1n) is 8.19. The number of amides is 1. The third-order valence-electron chi connectivity index (χ3n) is 3.77. The molecule has 10 heteroatoms. The van der Waals surface area contributed by atoms with Crippen LogP contribution in [0.25, 0.3) is 0 Å². The van der Waals surface area contributed by atoms with Crippen molar-refractivity contribution in [2.45, 2.75) is 18.4 Å². The van der Waals surface area contributed by atoms with Gasteiger partial charge in [0, 0.05) is 30.5 Å². The molecule has 1 amide bonds. The number of methoxy groups -OCH3 is 1. The van der Waals surface area contributed by atoms with Gasteiger partial charge in [0.1, 0.15) is 5.75 Å². The van der Waals surface area contributed by atoms with Crippen molar-refractivity contribution >= 4 is 21.6 Å². The molecule has 0 heterocycles. The van der Waals surface area contributed by atoms with Crippen LogP contribution in [0.15, 0.2) is 47.4 Å². The van der Waals surface area contributed by atoms with Gasteiger partial charge in [-0.15, -0.1) is 0 Å². The maximum atomic E-state index is 12.4. The number of ether oxygens (including phenoxy) is 2. The maximum absolute atomic E-state index is 12.4. The predicted molar refractivity (Wildman–Crippen MR) is 99.3 cm³/mol. The van der Waals surface area contributed by atoms with E-state index >= 15 is 0 Å². The van der Waals surface area contributed by atoms with E-state index in [0.29, 0.717) is 11.3 Å². The molecular weight excluding hydrogens is 394 g/mol. The van der Waals surface area contributed by atoms with Crippen LogP contribution in [0.5, 0.6) is 5.75 Å². The molecule has 7 nitrogen and oxygen atoms in total. The first-order valence-corrected chi connectivity index (χ1v) is 9.67. The van der Waals surface area contributed by atoms with Crippen molar-refractivity contribution in [3.05, 3.63) is 53.6 Å². The van der Waals surface area contributed by atoms with E-state index < -0.39 is 22.5 Å². The summed E-state index contributed by atoms with van der Waals surface area (Å²) in [5.41, 5.74) is 0.856. The number of carbonyl (C=O) groups is 1. The average molecular weight is 414 g/mol. The Hall–Kier alpha value is -2.56. The number of alkyl halides is 2. The summed E-state index contributed by atoms with van der Waals surface area (Å²) in [5, 5.41) is 2.59. The van der Waals surface area contributed by atoms with Crippen LogP contribution in [0.4, 0.5) is 14.5 Å². The fraction of sp³-hybridized carbons (Fsp3) is 0.278. The number of nitrogens with one attached hydrogen (secondary N) is 2. The zero-order valence-corrected chi connectivity index (χ0v) is 16.1. The molecule has 28 heavy (non-hydrogen) atoms. The summed E-state index contributed by atoms with van der Waals surface area (Å²) in [6, 6.07) is 9.70. The standard InChI is InChI=1S/C18H20F2N2O5S/c1-12-15(4-3-5-16(12)27-18(19)20)22-17(23)13-6-8-14(9-7-13)28(24,25)21-10-11-26-2/h3-9,18,21H,10-11H2,1-2H3,(H,22,23). The molecule has 0 aromatic heterocycles. The molecule has 0 saturated heterocycles. The van der Waals surface area contributed by atoms with Gasteiger partial charge in [0.25, 0.3) is 5.91 Å². The second kappa shape index (κ2) is 9.58. The second-order valence-corrected chi connectivity index (χ2v) is 7.44. The number of anilines is 1. The summed E-state index contributed by atoms with van der Waals surface area (Å²) in [5.74, 6) is -0.565. The lowest BCUT2D eigenvalue weighted by Gasteiger charge is -2.13. The van der Waals surface area contributed by atoms with Crippen molar-refractivity contribution in [1.82, 2.24) is 4.72 Å². The molecule has 152 valence electrons. The van der Waals surface area contributed by atoms with Crippen LogP contribution in [0, 0.1) is 6.92 Å². The molecule has 0 fully saturated rings. The Morgan fingerprint density at radius 1 is 1.14 bits per heavy atom. The van der Waals surface area contributed by atoms with E-state index in [1.54, 1.807) is 6.07 Å². The number of sulfonamides is 1. The van der Waals surface area contributed by atoms with Gasteiger partial charge in [0.2, 0.25) is 10.0 Å². The van der Waals surface area contributed by atoms with E-state index in [0.717, 1.165) is 0 Å². The van der Waals surface area contributed by atoms with Gasteiger partial charge in [-0.2, -0.15) is 8.78 Å². The molecular formula is C18H20F2N2O5S. The van der Waals surface area contributed by atoms with E-state index in [2.05, 4.69) is 14.8 Å². The molecule has 2 aromatic carbocycles. The smallest absolute Gasteiger partial charge is 0.387 e. The highest BCUT2D eigenvalue weighted by Crippen LogP contribution is 2.27. The van der Waals surface area contributed by atoms with Gasteiger partial charge in [-0.3, -0.25) is 4.79 Å². The molecule has 0 atom stereocenters. The van der Waals surface area contributed by atoms with Gasteiger partial charge in [0.05, 0.1) is 11.5 Å². The average Bonchev–Trinajstić information content (AvgIpc) is 2.65. The largest absolute Gasteiger partial charge is 0.434 e. The van der Waals surface area contributed by atoms with Crippen LogP contribution in [0.2, 0.25) is 0 Å². The highest BCUT2D eigenvalue weighted by atomic mass is 32.2. The van der Waals surface area contributed by atoms with E-state index in [1.807, 2.05) is 0 Å². The SMILES string of the molecule is COCCNS(=O)(=O)c1ccc(C(=O)Nc2cccc(OC(F)F)c2C)cc1. The molecule has 0 spiro atoms. The van der Waals surface area contributed by atoms with Gasteiger partial charge in [0.15, 0.2) is 0 Å². The zero-order valence-electron chi connectivity index (χ0n) is 15.2. The van der Waals surface area contributed by atoms with E-state index in [-0.39, 0.29) is 29.4 Å². The summed E-state index contributed by atoms with van der Waals surface area (Å²) < 4.78 is 60.6. The Morgan fingerprint density at radius 2 is 1.82 bits per heavy atom. The molecule has 0 aliphatic heterocycles. The molecule has 0 aliphatic carbocycles. The summed E-state index contributed by atoms with van der Waals surface area (Å²) in [6.07, 6.45) is 0. The van der Waals surface area contributed by atoms with Gasteiger partial charge < -0.3 is 14.8 Å². The first-order chi connectivity index (χ1) is 13.2. The Labute approximate surface area is 161 Å². The summed E-state index contributed by atoms with van der Waals surface area (Å²) in [7, 11) is -2.25. The number of halogens is 2. The monoisotopic (exact) mass is 414 g/mol. The highest BCUT2D eigenvalue weighted by molar-refractivity contribution is 7.89. The van der Waals surface area contributed by atoms with E-state index in [1.165, 1.54) is 50.4 Å². The van der Waals surface area contributed by atoms with Crippen molar-refractivity contribution in [3.63, 3.8) is 0 Å². The first kappa shape index (κ1) is 21.7. The molecule has 2 N–H and O–H groups in total. The van der Waals surface area contributed by atoms with Crippen LogP contribution in [-0.4, -0.2) is 41.2 Å². The molecule has 0 aliphatic rings. The van der Waals surface area contributed by atoms with Crippen LogP contribution in [-0.2, 0) is 14.8 Å². The van der Waals surface area contributed by atoms with Crippen molar-refractivity contribution in [2.24, 2.45) is 0 Å². The summed E-state index contributed by atoms with van der Waals surface area (Å²) in [4.78, 5) is 12.4. The number of benzene rings is 2. The minimum Gasteiger partial charge on any atom is -0.434 e. The summed E-state index contributed by atoms with van der Waals surface area (Å²) >= 11 is 0. The molecule has 0 bridgehead atoms. The zero-order chi connectivity index (χ0) is 20.7. The Morgan fingerprint density at radius 3 is 2.43 bits per heavy atom. The highest BCUT2D eigenvalue weighted by Gasteiger charge is 2.16. The third kappa shape index (κ3) is 5.72. The lowest BCUT2D eigenvalue weighted by molar-refractivity contribution is -0.0502. The van der Waals surface area contributed by atoms with Crippen molar-refractivity contribution < 1.29 is 31.5 Å². The Bertz CT molecular complexity index is 918. The molecule has 0 radical (unpaired) electrons. The minimum atomic E-state index is -3.71. The van der Waals surface area contributed by atoms with Crippen molar-refractivity contribution in [1.29, 1.82) is 0 Å².